The number of aliphatic hydroxyl groups excluding tert-OH is 1. The maximum absolute atomic E-state index is 9.66. The van der Waals surface area contributed by atoms with Crippen molar-refractivity contribution in [2.24, 2.45) is 5.73 Å². The van der Waals surface area contributed by atoms with Gasteiger partial charge in [0.15, 0.2) is 0 Å². The summed E-state index contributed by atoms with van der Waals surface area (Å²) in [4.78, 5) is 4.16. The molecule has 1 rings (SSSR count). The van der Waals surface area contributed by atoms with Gasteiger partial charge in [-0.2, -0.15) is 4.98 Å². The van der Waals surface area contributed by atoms with Crippen molar-refractivity contribution in [1.82, 2.24) is 10.1 Å². The van der Waals surface area contributed by atoms with E-state index in [1.165, 1.54) is 0 Å². The third-order valence-electron chi connectivity index (χ3n) is 2.39. The van der Waals surface area contributed by atoms with Gasteiger partial charge in [-0.1, -0.05) is 18.5 Å². The summed E-state index contributed by atoms with van der Waals surface area (Å²) in [5.74, 6) is 0.714. The van der Waals surface area contributed by atoms with E-state index in [2.05, 4.69) is 17.1 Å². The van der Waals surface area contributed by atoms with Gasteiger partial charge < -0.3 is 20.1 Å². The third-order valence-corrected chi connectivity index (χ3v) is 2.39. The molecule has 0 saturated carbocycles. The zero-order chi connectivity index (χ0) is 12.7. The van der Waals surface area contributed by atoms with Gasteiger partial charge in [-0.3, -0.25) is 0 Å². The van der Waals surface area contributed by atoms with Gasteiger partial charge in [-0.05, 0) is 26.3 Å². The Morgan fingerprint density at radius 2 is 2.18 bits per heavy atom. The van der Waals surface area contributed by atoms with Crippen LogP contribution in [0, 0.1) is 0 Å². The Bertz CT molecular complexity index is 311. The fourth-order valence-electron chi connectivity index (χ4n) is 1.55. The normalized spacial score (nSPS) is 14.8. The fourth-order valence-corrected chi connectivity index (χ4v) is 1.55. The number of hydrogen-bond donors (Lipinski definition) is 2. The second-order valence-electron chi connectivity index (χ2n) is 3.82. The molecule has 1 heterocycles. The SMILES string of the molecule is CCCC(OCC)c1noc([C@@H](O)CCN)n1. The van der Waals surface area contributed by atoms with Crippen molar-refractivity contribution >= 4 is 0 Å². The van der Waals surface area contributed by atoms with Gasteiger partial charge in [-0.25, -0.2) is 0 Å². The van der Waals surface area contributed by atoms with E-state index < -0.39 is 6.10 Å². The maximum atomic E-state index is 9.66. The fraction of sp³-hybridized carbons (Fsp3) is 0.818. The molecule has 3 N–H and O–H groups in total. The monoisotopic (exact) mass is 243 g/mol. The van der Waals surface area contributed by atoms with Crippen LogP contribution in [0.5, 0.6) is 0 Å². The number of aromatic nitrogens is 2. The smallest absolute Gasteiger partial charge is 0.255 e. The molecule has 0 saturated heterocycles. The Morgan fingerprint density at radius 1 is 1.41 bits per heavy atom. The zero-order valence-electron chi connectivity index (χ0n) is 10.4. The van der Waals surface area contributed by atoms with E-state index in [0.717, 1.165) is 12.8 Å². The van der Waals surface area contributed by atoms with Crippen molar-refractivity contribution < 1.29 is 14.4 Å². The predicted octanol–water partition coefficient (Wildman–Crippen LogP) is 1.33. The molecule has 98 valence electrons. The van der Waals surface area contributed by atoms with Crippen molar-refractivity contribution in [2.75, 3.05) is 13.2 Å². The van der Waals surface area contributed by atoms with Gasteiger partial charge in [0.1, 0.15) is 12.2 Å². The minimum atomic E-state index is -0.787. The summed E-state index contributed by atoms with van der Waals surface area (Å²) in [6, 6.07) is 0. The highest BCUT2D eigenvalue weighted by atomic mass is 16.5. The first-order chi connectivity index (χ1) is 8.22. The van der Waals surface area contributed by atoms with Crippen molar-refractivity contribution in [3.8, 4) is 0 Å². The van der Waals surface area contributed by atoms with Crippen molar-refractivity contribution in [2.45, 2.75) is 45.3 Å². The predicted molar refractivity (Wildman–Crippen MR) is 62.2 cm³/mol. The van der Waals surface area contributed by atoms with Crippen molar-refractivity contribution in [3.63, 3.8) is 0 Å². The molecular weight excluding hydrogens is 222 g/mol. The Hall–Kier alpha value is -0.980. The van der Waals surface area contributed by atoms with Crippen LogP contribution in [0.15, 0.2) is 4.52 Å². The molecular formula is C11H21N3O3. The van der Waals surface area contributed by atoms with Crippen molar-refractivity contribution in [3.05, 3.63) is 11.7 Å². The molecule has 17 heavy (non-hydrogen) atoms. The molecule has 0 aliphatic rings. The molecule has 6 heteroatoms. The highest BCUT2D eigenvalue weighted by Gasteiger charge is 2.21. The summed E-state index contributed by atoms with van der Waals surface area (Å²) in [6.07, 6.45) is 1.27. The van der Waals surface area contributed by atoms with Crippen LogP contribution in [0.3, 0.4) is 0 Å². The second-order valence-corrected chi connectivity index (χ2v) is 3.82. The number of aliphatic hydroxyl groups is 1. The number of hydrogen-bond acceptors (Lipinski definition) is 6. The minimum Gasteiger partial charge on any atom is -0.383 e. The first kappa shape index (κ1) is 14.1. The molecule has 1 unspecified atom stereocenters. The van der Waals surface area contributed by atoms with E-state index in [4.69, 9.17) is 15.0 Å². The Balaban J connectivity index is 2.69. The largest absolute Gasteiger partial charge is 0.383 e. The molecule has 0 radical (unpaired) electrons. The number of nitrogens with zero attached hydrogens (tertiary/aromatic N) is 2. The Kier molecular flexibility index (Phi) is 6.10. The quantitative estimate of drug-likeness (QED) is 0.715. The molecule has 1 aromatic heterocycles. The Labute approximate surface area is 101 Å². The maximum Gasteiger partial charge on any atom is 0.255 e. The van der Waals surface area contributed by atoms with Crippen molar-refractivity contribution in [1.29, 1.82) is 0 Å². The number of ether oxygens (including phenoxy) is 1. The molecule has 0 aliphatic carbocycles. The lowest BCUT2D eigenvalue weighted by Gasteiger charge is -2.11. The van der Waals surface area contributed by atoms with Crippen LogP contribution in [0.4, 0.5) is 0 Å². The third kappa shape index (κ3) is 4.07. The van der Waals surface area contributed by atoms with E-state index in [1.807, 2.05) is 6.92 Å². The number of nitrogens with two attached hydrogens (primary N) is 1. The molecule has 0 spiro atoms. The van der Waals surface area contributed by atoms with Gasteiger partial charge in [-0.15, -0.1) is 0 Å². The highest BCUT2D eigenvalue weighted by molar-refractivity contribution is 4.94. The summed E-state index contributed by atoms with van der Waals surface area (Å²) < 4.78 is 10.5. The Morgan fingerprint density at radius 3 is 2.76 bits per heavy atom. The van der Waals surface area contributed by atoms with Crippen LogP contribution in [0.1, 0.15) is 57.0 Å². The molecule has 0 aliphatic heterocycles. The molecule has 6 nitrogen and oxygen atoms in total. The summed E-state index contributed by atoms with van der Waals surface area (Å²) >= 11 is 0. The lowest BCUT2D eigenvalue weighted by Crippen LogP contribution is -2.08. The summed E-state index contributed by atoms with van der Waals surface area (Å²) in [5.41, 5.74) is 5.35. The van der Waals surface area contributed by atoms with E-state index in [1.54, 1.807) is 0 Å². The molecule has 1 aromatic rings. The summed E-state index contributed by atoms with van der Waals surface area (Å²) in [5, 5.41) is 13.5. The highest BCUT2D eigenvalue weighted by Crippen LogP contribution is 2.22. The van der Waals surface area contributed by atoms with E-state index in [0.29, 0.717) is 25.4 Å². The van der Waals surface area contributed by atoms with E-state index >= 15 is 0 Å². The van der Waals surface area contributed by atoms with Crippen LogP contribution in [0.2, 0.25) is 0 Å². The van der Waals surface area contributed by atoms with Gasteiger partial charge in [0.05, 0.1) is 0 Å². The van der Waals surface area contributed by atoms with Crippen LogP contribution >= 0.6 is 0 Å². The van der Waals surface area contributed by atoms with Gasteiger partial charge in [0, 0.05) is 6.61 Å². The zero-order valence-corrected chi connectivity index (χ0v) is 10.4. The molecule has 2 atom stereocenters. The van der Waals surface area contributed by atoms with Gasteiger partial charge in [0.2, 0.25) is 5.82 Å². The molecule has 0 fully saturated rings. The van der Waals surface area contributed by atoms with Gasteiger partial charge >= 0.3 is 0 Å². The standard InChI is InChI=1S/C11H21N3O3/c1-3-5-9(16-4-2)10-13-11(17-14-10)8(15)6-7-12/h8-9,15H,3-7,12H2,1-2H3/t8-,9?/m0/s1. The molecule has 0 bridgehead atoms. The summed E-state index contributed by atoms with van der Waals surface area (Å²) in [7, 11) is 0. The lowest BCUT2D eigenvalue weighted by atomic mass is 10.2. The lowest BCUT2D eigenvalue weighted by molar-refractivity contribution is 0.0477. The topological polar surface area (TPSA) is 94.4 Å². The molecule has 0 amide bonds. The molecule has 0 aromatic carbocycles. The van der Waals surface area contributed by atoms with Crippen LogP contribution < -0.4 is 5.73 Å². The first-order valence-corrected chi connectivity index (χ1v) is 6.06. The second kappa shape index (κ2) is 7.37. The van der Waals surface area contributed by atoms with E-state index in [-0.39, 0.29) is 12.0 Å². The van der Waals surface area contributed by atoms with Crippen LogP contribution in [-0.2, 0) is 4.74 Å². The van der Waals surface area contributed by atoms with Crippen LogP contribution in [0.25, 0.3) is 0 Å². The first-order valence-electron chi connectivity index (χ1n) is 6.06. The van der Waals surface area contributed by atoms with Crippen LogP contribution in [-0.4, -0.2) is 28.4 Å². The summed E-state index contributed by atoms with van der Waals surface area (Å²) in [6.45, 7) is 4.96. The van der Waals surface area contributed by atoms with Gasteiger partial charge in [0.25, 0.3) is 5.89 Å². The van der Waals surface area contributed by atoms with E-state index in [9.17, 15) is 5.11 Å². The number of rotatable bonds is 8. The minimum absolute atomic E-state index is 0.160. The average Bonchev–Trinajstić information content (AvgIpc) is 2.78. The average molecular weight is 243 g/mol.